The molecule has 1 saturated heterocycles. The van der Waals surface area contributed by atoms with Gasteiger partial charge in [0.2, 0.25) is 5.91 Å². The smallest absolute Gasteiger partial charge is 0.249 e. The van der Waals surface area contributed by atoms with Crippen molar-refractivity contribution < 1.29 is 9.63 Å². The minimum atomic E-state index is -0.108. The molecule has 7 nitrogen and oxygen atoms in total. The number of aryl methyl sites for hydroxylation is 1. The van der Waals surface area contributed by atoms with Gasteiger partial charge in [0.25, 0.3) is 0 Å². The molecule has 0 unspecified atom stereocenters. The van der Waals surface area contributed by atoms with E-state index >= 15 is 0 Å². The molecule has 2 aromatic heterocycles. The van der Waals surface area contributed by atoms with Crippen molar-refractivity contribution in [1.29, 1.82) is 0 Å². The van der Waals surface area contributed by atoms with Crippen molar-refractivity contribution in [3.63, 3.8) is 0 Å². The first kappa shape index (κ1) is 17.1. The summed E-state index contributed by atoms with van der Waals surface area (Å²) in [4.78, 5) is 27.1. The van der Waals surface area contributed by atoms with Crippen LogP contribution in [0.2, 0.25) is 0 Å². The molecule has 1 aliphatic heterocycles. The number of hydroxylamine groups is 2. The van der Waals surface area contributed by atoms with Crippen molar-refractivity contribution in [1.82, 2.24) is 24.8 Å². The van der Waals surface area contributed by atoms with Gasteiger partial charge in [0.05, 0.1) is 18.5 Å². The molecule has 2 fully saturated rings. The van der Waals surface area contributed by atoms with E-state index in [0.717, 1.165) is 44.2 Å². The summed E-state index contributed by atoms with van der Waals surface area (Å²) in [5.74, 6) is 0.789. The number of nitrogens with zero attached hydrogens (tertiary/aromatic N) is 5. The molecule has 1 aliphatic carbocycles. The number of hydrogen-bond donors (Lipinski definition) is 0. The van der Waals surface area contributed by atoms with Crippen molar-refractivity contribution in [2.24, 2.45) is 18.9 Å². The fraction of sp³-hybridized carbons (Fsp3) is 0.579. The Labute approximate surface area is 153 Å². The lowest BCUT2D eigenvalue weighted by Crippen LogP contribution is -2.37. The maximum atomic E-state index is 13.0. The number of hydrogen-bond acceptors (Lipinski definition) is 5. The average molecular weight is 355 g/mol. The van der Waals surface area contributed by atoms with Crippen LogP contribution >= 0.6 is 0 Å². The monoisotopic (exact) mass is 355 g/mol. The summed E-state index contributed by atoms with van der Waals surface area (Å²) >= 11 is 0. The van der Waals surface area contributed by atoms with Crippen molar-refractivity contribution in [2.75, 3.05) is 6.61 Å². The molecular formula is C19H25N5O2. The summed E-state index contributed by atoms with van der Waals surface area (Å²) in [6.07, 6.45) is 12.7. The molecule has 4 rings (SSSR count). The zero-order chi connectivity index (χ0) is 17.9. The third-order valence-electron chi connectivity index (χ3n) is 5.66. The molecule has 138 valence electrons. The summed E-state index contributed by atoms with van der Waals surface area (Å²) in [5.41, 5.74) is 2.08. The summed E-state index contributed by atoms with van der Waals surface area (Å²) < 4.78 is 1.95. The average Bonchev–Trinajstić information content (AvgIpc) is 3.32. The predicted molar refractivity (Wildman–Crippen MR) is 94.5 cm³/mol. The SMILES string of the molecule is Cn1nccc1C[C@H]1CC[C@H](C(=O)N2OCC[C@H]2c2cnccn2)CC1. The fourth-order valence-corrected chi connectivity index (χ4v) is 4.13. The first-order chi connectivity index (χ1) is 12.7. The molecule has 0 aromatic carbocycles. The van der Waals surface area contributed by atoms with Gasteiger partial charge < -0.3 is 0 Å². The zero-order valence-electron chi connectivity index (χ0n) is 15.1. The molecule has 7 heteroatoms. The van der Waals surface area contributed by atoms with Gasteiger partial charge in [-0.2, -0.15) is 5.10 Å². The Morgan fingerprint density at radius 3 is 2.73 bits per heavy atom. The van der Waals surface area contributed by atoms with Gasteiger partial charge in [-0.15, -0.1) is 0 Å². The third-order valence-corrected chi connectivity index (χ3v) is 5.66. The van der Waals surface area contributed by atoms with Crippen molar-refractivity contribution >= 4 is 5.91 Å². The highest BCUT2D eigenvalue weighted by Crippen LogP contribution is 2.36. The lowest BCUT2D eigenvalue weighted by Gasteiger charge is -2.31. The molecule has 1 amide bonds. The Morgan fingerprint density at radius 2 is 2.04 bits per heavy atom. The zero-order valence-corrected chi connectivity index (χ0v) is 15.1. The summed E-state index contributed by atoms with van der Waals surface area (Å²) in [5, 5.41) is 5.81. The van der Waals surface area contributed by atoms with Crippen molar-refractivity contribution in [2.45, 2.75) is 44.6 Å². The van der Waals surface area contributed by atoms with Crippen LogP contribution in [0, 0.1) is 11.8 Å². The second-order valence-corrected chi connectivity index (χ2v) is 7.30. The van der Waals surface area contributed by atoms with Crippen molar-refractivity contribution in [3.05, 3.63) is 42.2 Å². The Balaban J connectivity index is 1.35. The highest BCUT2D eigenvalue weighted by atomic mass is 16.7. The molecule has 1 atom stereocenters. The van der Waals surface area contributed by atoms with E-state index in [-0.39, 0.29) is 17.9 Å². The van der Waals surface area contributed by atoms with E-state index in [1.807, 2.05) is 17.9 Å². The molecule has 0 N–H and O–H groups in total. The van der Waals surface area contributed by atoms with Gasteiger partial charge in [-0.25, -0.2) is 5.06 Å². The Bertz CT molecular complexity index is 739. The van der Waals surface area contributed by atoms with E-state index in [9.17, 15) is 4.79 Å². The maximum Gasteiger partial charge on any atom is 0.249 e. The van der Waals surface area contributed by atoms with Crippen LogP contribution in [0.25, 0.3) is 0 Å². The topological polar surface area (TPSA) is 73.1 Å². The highest BCUT2D eigenvalue weighted by molar-refractivity contribution is 5.78. The number of amides is 1. The number of rotatable bonds is 4. The first-order valence-corrected chi connectivity index (χ1v) is 9.41. The molecule has 26 heavy (non-hydrogen) atoms. The van der Waals surface area contributed by atoms with Gasteiger partial charge in [-0.1, -0.05) is 0 Å². The van der Waals surface area contributed by atoms with Crippen LogP contribution in [-0.4, -0.2) is 37.3 Å². The minimum absolute atomic E-state index is 0.0510. The van der Waals surface area contributed by atoms with Gasteiger partial charge in [-0.3, -0.25) is 24.3 Å². The summed E-state index contributed by atoms with van der Waals surface area (Å²) in [6, 6.07) is 1.98. The maximum absolute atomic E-state index is 13.0. The number of carbonyl (C=O) groups excluding carboxylic acids is 1. The number of carbonyl (C=O) groups is 1. The summed E-state index contributed by atoms with van der Waals surface area (Å²) in [7, 11) is 1.99. The van der Waals surface area contributed by atoms with Crippen LogP contribution < -0.4 is 0 Å². The number of aromatic nitrogens is 4. The van der Waals surface area contributed by atoms with E-state index in [1.165, 1.54) is 5.69 Å². The van der Waals surface area contributed by atoms with Gasteiger partial charge in [-0.05, 0) is 44.1 Å². The lowest BCUT2D eigenvalue weighted by atomic mass is 9.79. The quantitative estimate of drug-likeness (QED) is 0.842. The molecular weight excluding hydrogens is 330 g/mol. The first-order valence-electron chi connectivity index (χ1n) is 9.41. The van der Waals surface area contributed by atoms with Crippen LogP contribution in [0.3, 0.4) is 0 Å². The molecule has 0 spiro atoms. The van der Waals surface area contributed by atoms with Gasteiger partial charge in [0.1, 0.15) is 6.04 Å². The van der Waals surface area contributed by atoms with E-state index in [4.69, 9.17) is 4.84 Å². The third kappa shape index (κ3) is 3.49. The largest absolute Gasteiger partial charge is 0.273 e. The second kappa shape index (κ2) is 7.53. The van der Waals surface area contributed by atoms with Gasteiger partial charge >= 0.3 is 0 Å². The summed E-state index contributed by atoms with van der Waals surface area (Å²) in [6.45, 7) is 0.558. The molecule has 0 radical (unpaired) electrons. The lowest BCUT2D eigenvalue weighted by molar-refractivity contribution is -0.183. The molecule has 1 saturated carbocycles. The fourth-order valence-electron chi connectivity index (χ4n) is 4.13. The standard InChI is InChI=1S/C19H25N5O2/c1-23-16(6-8-22-23)12-14-2-4-15(5-3-14)19(25)24-18(7-11-26-24)17-13-20-9-10-21-17/h6,8-10,13-15,18H,2-5,7,11-12H2,1H3/t14-,15-,18-/m0/s1. The van der Waals surface area contributed by atoms with Crippen LogP contribution in [0.1, 0.15) is 49.5 Å². The van der Waals surface area contributed by atoms with Crippen molar-refractivity contribution in [3.8, 4) is 0 Å². The Kier molecular flexibility index (Phi) is 4.97. The Hall–Kier alpha value is -2.28. The molecule has 3 heterocycles. The van der Waals surface area contributed by atoms with E-state index < -0.39 is 0 Å². The van der Waals surface area contributed by atoms with Gasteiger partial charge in [0, 0.05) is 43.7 Å². The van der Waals surface area contributed by atoms with E-state index in [2.05, 4.69) is 21.1 Å². The normalized spacial score (nSPS) is 26.2. The second-order valence-electron chi connectivity index (χ2n) is 7.30. The predicted octanol–water partition coefficient (Wildman–Crippen LogP) is 2.46. The highest BCUT2D eigenvalue weighted by Gasteiger charge is 2.37. The van der Waals surface area contributed by atoms with E-state index in [1.54, 1.807) is 23.7 Å². The van der Waals surface area contributed by atoms with E-state index in [0.29, 0.717) is 12.5 Å². The van der Waals surface area contributed by atoms with Crippen LogP contribution in [0.4, 0.5) is 0 Å². The van der Waals surface area contributed by atoms with Crippen LogP contribution in [0.15, 0.2) is 30.9 Å². The van der Waals surface area contributed by atoms with Crippen LogP contribution in [-0.2, 0) is 23.1 Å². The molecule has 2 aromatic rings. The van der Waals surface area contributed by atoms with Gasteiger partial charge in [0.15, 0.2) is 0 Å². The molecule has 2 aliphatic rings. The van der Waals surface area contributed by atoms with Crippen LogP contribution in [0.5, 0.6) is 0 Å². The molecule has 0 bridgehead atoms. The minimum Gasteiger partial charge on any atom is -0.273 e. The Morgan fingerprint density at radius 1 is 1.19 bits per heavy atom.